The van der Waals surface area contributed by atoms with Crippen molar-refractivity contribution in [2.24, 2.45) is 0 Å². The second-order valence-electron chi connectivity index (χ2n) is 3.62. The molecule has 0 aromatic heterocycles. The zero-order valence-corrected chi connectivity index (χ0v) is 8.42. The van der Waals surface area contributed by atoms with Gasteiger partial charge in [-0.2, -0.15) is 0 Å². The minimum Gasteiger partial charge on any atom is -0.377 e. The van der Waals surface area contributed by atoms with Crippen molar-refractivity contribution in [3.8, 4) is 0 Å². The predicted octanol–water partition coefficient (Wildman–Crippen LogP) is 2.28. The molecule has 2 rings (SSSR count). The molecule has 1 aliphatic carbocycles. The van der Waals surface area contributed by atoms with Gasteiger partial charge in [0.2, 0.25) is 0 Å². The molecule has 0 aliphatic heterocycles. The van der Waals surface area contributed by atoms with Crippen molar-refractivity contribution in [1.82, 2.24) is 0 Å². The standard InChI is InChI=1S/C11H11ClO2/c12-9-5-2-1-4-8(9)11(14)7-3-6-10(11)13/h1-2,4-5,14H,3,6-7H2. The molecule has 0 amide bonds. The van der Waals surface area contributed by atoms with Gasteiger partial charge in [0.25, 0.3) is 0 Å². The second-order valence-corrected chi connectivity index (χ2v) is 4.02. The lowest BCUT2D eigenvalue weighted by molar-refractivity contribution is -0.134. The molecule has 0 bridgehead atoms. The predicted molar refractivity (Wildman–Crippen MR) is 54.2 cm³/mol. The number of ketones is 1. The Bertz CT molecular complexity index is 375. The number of carbonyl (C=O) groups excluding carboxylic acids is 1. The lowest BCUT2D eigenvalue weighted by atomic mass is 9.91. The summed E-state index contributed by atoms with van der Waals surface area (Å²) in [7, 11) is 0. The van der Waals surface area contributed by atoms with E-state index in [1.54, 1.807) is 24.3 Å². The summed E-state index contributed by atoms with van der Waals surface area (Å²) in [5.74, 6) is -0.120. The Morgan fingerprint density at radius 3 is 2.64 bits per heavy atom. The summed E-state index contributed by atoms with van der Waals surface area (Å²) in [6.07, 6.45) is 1.66. The van der Waals surface area contributed by atoms with Crippen molar-refractivity contribution in [2.45, 2.75) is 24.9 Å². The minimum atomic E-state index is -1.33. The second kappa shape index (κ2) is 3.37. The van der Waals surface area contributed by atoms with E-state index in [0.717, 1.165) is 6.42 Å². The molecular weight excluding hydrogens is 200 g/mol. The molecule has 0 heterocycles. The van der Waals surface area contributed by atoms with Gasteiger partial charge >= 0.3 is 0 Å². The summed E-state index contributed by atoms with van der Waals surface area (Å²) in [4.78, 5) is 11.5. The van der Waals surface area contributed by atoms with Gasteiger partial charge in [-0.25, -0.2) is 0 Å². The molecule has 0 saturated heterocycles. The van der Waals surface area contributed by atoms with Crippen molar-refractivity contribution < 1.29 is 9.90 Å². The molecule has 1 N–H and O–H groups in total. The van der Waals surface area contributed by atoms with E-state index >= 15 is 0 Å². The van der Waals surface area contributed by atoms with E-state index in [1.165, 1.54) is 0 Å². The smallest absolute Gasteiger partial charge is 0.168 e. The van der Waals surface area contributed by atoms with E-state index in [-0.39, 0.29) is 5.78 Å². The maximum Gasteiger partial charge on any atom is 0.168 e. The molecule has 1 atom stereocenters. The summed E-state index contributed by atoms with van der Waals surface area (Å²) in [6.45, 7) is 0. The van der Waals surface area contributed by atoms with Crippen molar-refractivity contribution >= 4 is 17.4 Å². The lowest BCUT2D eigenvalue weighted by Crippen LogP contribution is -2.30. The zero-order valence-electron chi connectivity index (χ0n) is 7.66. The molecule has 1 aliphatic rings. The topological polar surface area (TPSA) is 37.3 Å². The quantitative estimate of drug-likeness (QED) is 0.772. The number of benzene rings is 1. The Morgan fingerprint density at radius 1 is 1.36 bits per heavy atom. The van der Waals surface area contributed by atoms with Gasteiger partial charge in [-0.3, -0.25) is 4.79 Å². The Labute approximate surface area is 87.5 Å². The first-order chi connectivity index (χ1) is 6.64. The molecule has 0 spiro atoms. The maximum atomic E-state index is 11.5. The third-order valence-electron chi connectivity index (χ3n) is 2.72. The van der Waals surface area contributed by atoms with Crippen LogP contribution in [0.4, 0.5) is 0 Å². The van der Waals surface area contributed by atoms with Crippen LogP contribution in [-0.4, -0.2) is 10.9 Å². The van der Waals surface area contributed by atoms with E-state index < -0.39 is 5.60 Å². The third-order valence-corrected chi connectivity index (χ3v) is 3.05. The molecule has 3 heteroatoms. The van der Waals surface area contributed by atoms with Crippen LogP contribution >= 0.6 is 11.6 Å². The molecule has 74 valence electrons. The molecule has 1 saturated carbocycles. The molecular formula is C11H11ClO2. The Hall–Kier alpha value is -0.860. The highest BCUT2D eigenvalue weighted by molar-refractivity contribution is 6.31. The lowest BCUT2D eigenvalue weighted by Gasteiger charge is -2.21. The molecule has 1 unspecified atom stereocenters. The van der Waals surface area contributed by atoms with Crippen molar-refractivity contribution in [3.63, 3.8) is 0 Å². The molecule has 1 aromatic carbocycles. The summed E-state index contributed by atoms with van der Waals surface area (Å²) in [6, 6.07) is 6.98. The fourth-order valence-electron chi connectivity index (χ4n) is 1.93. The summed E-state index contributed by atoms with van der Waals surface area (Å²) in [5.41, 5.74) is -0.789. The van der Waals surface area contributed by atoms with Crippen LogP contribution in [-0.2, 0) is 10.4 Å². The molecule has 0 radical (unpaired) electrons. The Morgan fingerprint density at radius 2 is 2.07 bits per heavy atom. The van der Waals surface area contributed by atoms with Crippen LogP contribution in [0.3, 0.4) is 0 Å². The van der Waals surface area contributed by atoms with Gasteiger partial charge in [0.05, 0.1) is 0 Å². The highest BCUT2D eigenvalue weighted by atomic mass is 35.5. The van der Waals surface area contributed by atoms with E-state index in [9.17, 15) is 9.90 Å². The van der Waals surface area contributed by atoms with Gasteiger partial charge in [-0.05, 0) is 18.9 Å². The van der Waals surface area contributed by atoms with Gasteiger partial charge in [0.1, 0.15) is 5.60 Å². The number of halogens is 1. The molecule has 14 heavy (non-hydrogen) atoms. The van der Waals surface area contributed by atoms with E-state index in [0.29, 0.717) is 23.4 Å². The monoisotopic (exact) mass is 210 g/mol. The number of hydrogen-bond acceptors (Lipinski definition) is 2. The summed E-state index contributed by atoms with van der Waals surface area (Å²) >= 11 is 5.95. The summed E-state index contributed by atoms with van der Waals surface area (Å²) < 4.78 is 0. The average Bonchev–Trinajstić information content (AvgIpc) is 2.49. The van der Waals surface area contributed by atoms with Gasteiger partial charge in [-0.1, -0.05) is 29.8 Å². The van der Waals surface area contributed by atoms with Gasteiger partial charge in [0.15, 0.2) is 5.78 Å². The van der Waals surface area contributed by atoms with Crippen molar-refractivity contribution in [1.29, 1.82) is 0 Å². The normalized spacial score (nSPS) is 26.9. The van der Waals surface area contributed by atoms with Crippen LogP contribution in [0.25, 0.3) is 0 Å². The van der Waals surface area contributed by atoms with Gasteiger partial charge in [0, 0.05) is 17.0 Å². The van der Waals surface area contributed by atoms with Crippen LogP contribution < -0.4 is 0 Å². The largest absolute Gasteiger partial charge is 0.377 e. The van der Waals surface area contributed by atoms with E-state index in [1.807, 2.05) is 0 Å². The van der Waals surface area contributed by atoms with E-state index in [2.05, 4.69) is 0 Å². The first-order valence-electron chi connectivity index (χ1n) is 4.65. The number of aliphatic hydroxyl groups is 1. The fourth-order valence-corrected chi connectivity index (χ4v) is 2.22. The highest BCUT2D eigenvalue weighted by Crippen LogP contribution is 2.38. The van der Waals surface area contributed by atoms with Crippen LogP contribution in [0.15, 0.2) is 24.3 Å². The van der Waals surface area contributed by atoms with Crippen LogP contribution in [0.5, 0.6) is 0 Å². The SMILES string of the molecule is O=C1CCCC1(O)c1ccccc1Cl. The Balaban J connectivity index is 2.48. The average molecular weight is 211 g/mol. The number of Topliss-reactive ketones (excluding diaryl/α,β-unsaturated/α-hetero) is 1. The minimum absolute atomic E-state index is 0.120. The summed E-state index contributed by atoms with van der Waals surface area (Å²) in [5, 5.41) is 10.6. The first-order valence-corrected chi connectivity index (χ1v) is 5.03. The van der Waals surface area contributed by atoms with Crippen LogP contribution in [0.1, 0.15) is 24.8 Å². The first kappa shape index (κ1) is 9.69. The molecule has 2 nitrogen and oxygen atoms in total. The van der Waals surface area contributed by atoms with E-state index in [4.69, 9.17) is 11.6 Å². The fraction of sp³-hybridized carbons (Fsp3) is 0.364. The number of rotatable bonds is 1. The number of carbonyl (C=O) groups is 1. The van der Waals surface area contributed by atoms with Crippen LogP contribution in [0.2, 0.25) is 5.02 Å². The maximum absolute atomic E-state index is 11.5. The third kappa shape index (κ3) is 1.35. The number of hydrogen-bond donors (Lipinski definition) is 1. The van der Waals surface area contributed by atoms with Gasteiger partial charge < -0.3 is 5.11 Å². The molecule has 1 aromatic rings. The van der Waals surface area contributed by atoms with Crippen molar-refractivity contribution in [2.75, 3.05) is 0 Å². The zero-order chi connectivity index (χ0) is 10.2. The molecule has 1 fully saturated rings. The van der Waals surface area contributed by atoms with Crippen LogP contribution in [0, 0.1) is 0 Å². The van der Waals surface area contributed by atoms with Crippen molar-refractivity contribution in [3.05, 3.63) is 34.9 Å². The van der Waals surface area contributed by atoms with Gasteiger partial charge in [-0.15, -0.1) is 0 Å². The Kier molecular flexibility index (Phi) is 2.33. The highest BCUT2D eigenvalue weighted by Gasteiger charge is 2.42.